The third-order valence-electron chi connectivity index (χ3n) is 2.51. The second kappa shape index (κ2) is 8.08. The average Bonchev–Trinajstić information content (AvgIpc) is 2.38. The molecular formula is C13H17BrFNO2. The van der Waals surface area contributed by atoms with Crippen LogP contribution in [0.25, 0.3) is 0 Å². The Bertz CT molecular complexity index is 399. The summed E-state index contributed by atoms with van der Waals surface area (Å²) in [6, 6.07) is 4.09. The van der Waals surface area contributed by atoms with Crippen molar-refractivity contribution in [3.05, 3.63) is 29.6 Å². The van der Waals surface area contributed by atoms with Crippen molar-refractivity contribution < 1.29 is 13.9 Å². The first-order valence-electron chi connectivity index (χ1n) is 5.86. The number of carbonyl (C=O) groups is 1. The van der Waals surface area contributed by atoms with Crippen molar-refractivity contribution in [2.24, 2.45) is 0 Å². The molecule has 0 saturated heterocycles. The number of halogens is 2. The smallest absolute Gasteiger partial charge is 0.251 e. The number of hydrogen-bond acceptors (Lipinski definition) is 2. The van der Waals surface area contributed by atoms with Crippen LogP contribution in [0.4, 0.5) is 4.39 Å². The Hall–Kier alpha value is -1.10. The third-order valence-corrected chi connectivity index (χ3v) is 3.07. The summed E-state index contributed by atoms with van der Waals surface area (Å²) >= 11 is 3.35. The highest BCUT2D eigenvalue weighted by atomic mass is 79.9. The van der Waals surface area contributed by atoms with E-state index in [1.54, 1.807) is 0 Å². The molecule has 0 fully saturated rings. The molecule has 1 amide bonds. The number of methoxy groups -OCH3 is 1. The quantitative estimate of drug-likeness (QED) is 0.620. The van der Waals surface area contributed by atoms with E-state index in [4.69, 9.17) is 4.74 Å². The normalized spacial score (nSPS) is 10.2. The molecule has 1 rings (SSSR count). The van der Waals surface area contributed by atoms with Crippen molar-refractivity contribution in [1.82, 2.24) is 5.32 Å². The molecule has 100 valence electrons. The summed E-state index contributed by atoms with van der Waals surface area (Å²) in [5, 5.41) is 3.78. The highest BCUT2D eigenvalue weighted by Crippen LogP contribution is 2.18. The summed E-state index contributed by atoms with van der Waals surface area (Å²) < 4.78 is 18.0. The lowest BCUT2D eigenvalue weighted by atomic mass is 10.2. The van der Waals surface area contributed by atoms with Crippen molar-refractivity contribution in [3.8, 4) is 5.75 Å². The summed E-state index contributed by atoms with van der Waals surface area (Å²) in [6.07, 6.45) is 3.11. The van der Waals surface area contributed by atoms with Crippen molar-refractivity contribution in [2.45, 2.75) is 19.3 Å². The molecule has 1 aromatic carbocycles. The van der Waals surface area contributed by atoms with Gasteiger partial charge in [0.25, 0.3) is 5.91 Å². The number of benzene rings is 1. The Balaban J connectivity index is 2.46. The minimum Gasteiger partial charge on any atom is -0.494 e. The number of alkyl halides is 1. The molecule has 0 bridgehead atoms. The Kier molecular flexibility index (Phi) is 6.72. The van der Waals surface area contributed by atoms with Gasteiger partial charge in [-0.15, -0.1) is 0 Å². The first kappa shape index (κ1) is 15.0. The van der Waals surface area contributed by atoms with E-state index in [0.717, 1.165) is 24.6 Å². The Morgan fingerprint density at radius 2 is 2.17 bits per heavy atom. The SMILES string of the molecule is COc1cc(C(=O)NCCCCCBr)ccc1F. The number of unbranched alkanes of at least 4 members (excludes halogenated alkanes) is 2. The van der Waals surface area contributed by atoms with E-state index in [1.807, 2.05) is 0 Å². The first-order chi connectivity index (χ1) is 8.69. The summed E-state index contributed by atoms with van der Waals surface area (Å²) in [6.45, 7) is 0.630. The monoisotopic (exact) mass is 317 g/mol. The van der Waals surface area contributed by atoms with E-state index >= 15 is 0 Å². The predicted octanol–water partition coefficient (Wildman–Crippen LogP) is 3.13. The number of amides is 1. The van der Waals surface area contributed by atoms with Crippen molar-refractivity contribution in [1.29, 1.82) is 0 Å². The standard InChI is InChI=1S/C13H17BrFNO2/c1-18-12-9-10(5-6-11(12)15)13(17)16-8-4-2-3-7-14/h5-6,9H,2-4,7-8H2,1H3,(H,16,17). The van der Waals surface area contributed by atoms with Gasteiger partial charge in [0.05, 0.1) is 7.11 Å². The van der Waals surface area contributed by atoms with E-state index in [9.17, 15) is 9.18 Å². The molecule has 3 nitrogen and oxygen atoms in total. The Labute approximate surface area is 115 Å². The fraction of sp³-hybridized carbons (Fsp3) is 0.462. The van der Waals surface area contributed by atoms with Crippen molar-refractivity contribution in [3.63, 3.8) is 0 Å². The zero-order valence-electron chi connectivity index (χ0n) is 10.3. The van der Waals surface area contributed by atoms with Gasteiger partial charge in [-0.3, -0.25) is 4.79 Å². The van der Waals surface area contributed by atoms with Gasteiger partial charge < -0.3 is 10.1 Å². The first-order valence-corrected chi connectivity index (χ1v) is 6.99. The van der Waals surface area contributed by atoms with Crippen LogP contribution in [0.5, 0.6) is 5.75 Å². The number of nitrogens with one attached hydrogen (secondary N) is 1. The number of carbonyl (C=O) groups excluding carboxylic acids is 1. The van der Waals surface area contributed by atoms with Crippen LogP contribution in [-0.2, 0) is 0 Å². The highest BCUT2D eigenvalue weighted by Gasteiger charge is 2.09. The Morgan fingerprint density at radius 1 is 1.39 bits per heavy atom. The summed E-state index contributed by atoms with van der Waals surface area (Å²) in [4.78, 5) is 11.8. The molecule has 1 aromatic rings. The lowest BCUT2D eigenvalue weighted by Gasteiger charge is -2.07. The van der Waals surface area contributed by atoms with Gasteiger partial charge in [0.2, 0.25) is 0 Å². The Morgan fingerprint density at radius 3 is 2.83 bits per heavy atom. The van der Waals surface area contributed by atoms with E-state index in [0.29, 0.717) is 12.1 Å². The molecule has 0 aliphatic carbocycles. The minimum absolute atomic E-state index is 0.0851. The molecule has 0 saturated carbocycles. The van der Waals surface area contributed by atoms with E-state index < -0.39 is 5.82 Å². The van der Waals surface area contributed by atoms with Crippen LogP contribution < -0.4 is 10.1 Å². The summed E-state index contributed by atoms with van der Waals surface area (Å²) in [7, 11) is 1.38. The maximum absolute atomic E-state index is 13.2. The van der Waals surface area contributed by atoms with Gasteiger partial charge >= 0.3 is 0 Å². The van der Waals surface area contributed by atoms with Gasteiger partial charge in [-0.25, -0.2) is 4.39 Å². The molecule has 0 spiro atoms. The van der Waals surface area contributed by atoms with Gasteiger partial charge in [-0.1, -0.05) is 22.4 Å². The third kappa shape index (κ3) is 4.64. The summed E-state index contributed by atoms with van der Waals surface area (Å²) in [5.74, 6) is -0.583. The molecule has 0 heterocycles. The second-order valence-electron chi connectivity index (χ2n) is 3.85. The van der Waals surface area contributed by atoms with E-state index in [1.165, 1.54) is 25.3 Å². The van der Waals surface area contributed by atoms with E-state index in [-0.39, 0.29) is 11.7 Å². The van der Waals surface area contributed by atoms with Crippen LogP contribution in [0.2, 0.25) is 0 Å². The van der Waals surface area contributed by atoms with Crippen molar-refractivity contribution in [2.75, 3.05) is 19.0 Å². The fourth-order valence-corrected chi connectivity index (χ4v) is 1.90. The maximum Gasteiger partial charge on any atom is 0.251 e. The molecule has 0 aliphatic rings. The molecule has 0 aromatic heterocycles. The van der Waals surface area contributed by atoms with Gasteiger partial charge in [0.1, 0.15) is 0 Å². The molecular weight excluding hydrogens is 301 g/mol. The van der Waals surface area contributed by atoms with Gasteiger partial charge in [0.15, 0.2) is 11.6 Å². The van der Waals surface area contributed by atoms with Crippen LogP contribution in [0.15, 0.2) is 18.2 Å². The zero-order valence-corrected chi connectivity index (χ0v) is 11.9. The minimum atomic E-state index is -0.466. The van der Waals surface area contributed by atoms with Crippen LogP contribution in [-0.4, -0.2) is 24.9 Å². The lowest BCUT2D eigenvalue weighted by molar-refractivity contribution is 0.0952. The molecule has 5 heteroatoms. The van der Waals surface area contributed by atoms with Crippen LogP contribution >= 0.6 is 15.9 Å². The van der Waals surface area contributed by atoms with Gasteiger partial charge in [0, 0.05) is 17.4 Å². The summed E-state index contributed by atoms with van der Waals surface area (Å²) in [5.41, 5.74) is 0.411. The van der Waals surface area contributed by atoms with Crippen LogP contribution in [0.1, 0.15) is 29.6 Å². The second-order valence-corrected chi connectivity index (χ2v) is 4.65. The number of ether oxygens (including phenoxy) is 1. The maximum atomic E-state index is 13.2. The molecule has 18 heavy (non-hydrogen) atoms. The van der Waals surface area contributed by atoms with Crippen LogP contribution in [0, 0.1) is 5.82 Å². The molecule has 0 atom stereocenters. The van der Waals surface area contributed by atoms with E-state index in [2.05, 4.69) is 21.2 Å². The molecule has 0 aliphatic heterocycles. The average molecular weight is 318 g/mol. The van der Waals surface area contributed by atoms with Crippen molar-refractivity contribution >= 4 is 21.8 Å². The highest BCUT2D eigenvalue weighted by molar-refractivity contribution is 9.09. The molecule has 0 unspecified atom stereocenters. The largest absolute Gasteiger partial charge is 0.494 e. The molecule has 0 radical (unpaired) electrons. The predicted molar refractivity (Wildman–Crippen MR) is 72.9 cm³/mol. The number of rotatable bonds is 7. The zero-order chi connectivity index (χ0) is 13.4. The fourth-order valence-electron chi connectivity index (χ4n) is 1.50. The number of hydrogen-bond donors (Lipinski definition) is 1. The molecule has 1 N–H and O–H groups in total. The van der Waals surface area contributed by atoms with Crippen LogP contribution in [0.3, 0.4) is 0 Å². The lowest BCUT2D eigenvalue weighted by Crippen LogP contribution is -2.24. The van der Waals surface area contributed by atoms with Gasteiger partial charge in [-0.2, -0.15) is 0 Å². The van der Waals surface area contributed by atoms with Gasteiger partial charge in [-0.05, 0) is 31.0 Å². The topological polar surface area (TPSA) is 38.3 Å².